The molecule has 0 aromatic heterocycles. The van der Waals surface area contributed by atoms with Crippen molar-refractivity contribution in [1.29, 1.82) is 0 Å². The number of morpholine rings is 1. The van der Waals surface area contributed by atoms with Crippen molar-refractivity contribution in [2.24, 2.45) is 11.7 Å². The molecule has 3 aliphatic rings. The highest BCUT2D eigenvalue weighted by atomic mass is 19.1. The molecular weight excluding hydrogens is 379 g/mol. The minimum absolute atomic E-state index is 0.0433. The van der Waals surface area contributed by atoms with E-state index in [0.717, 1.165) is 25.7 Å². The molecule has 0 spiro atoms. The maximum atomic E-state index is 14.6. The number of primary amides is 1. The van der Waals surface area contributed by atoms with Gasteiger partial charge in [-0.25, -0.2) is 4.39 Å². The van der Waals surface area contributed by atoms with Crippen molar-refractivity contribution in [1.82, 2.24) is 4.90 Å². The number of nitrogens with zero attached hydrogens (tertiary/aromatic N) is 2. The second kappa shape index (κ2) is 8.08. The molecule has 3 amide bonds. The van der Waals surface area contributed by atoms with E-state index < -0.39 is 23.7 Å². The van der Waals surface area contributed by atoms with Gasteiger partial charge < -0.3 is 20.7 Å². The zero-order valence-corrected chi connectivity index (χ0v) is 16.1. The standard InChI is InChI=1S/C20H25FN4O4/c21-15-9-14(24-7-8-29-11-17(24)26)5-6-16(15)23-20(28)18(19(22)27)25(13-3-4-13)10-12-1-2-12/h5-6,9,12-13,18H,1-4,7-8,10-11H2,(H2,22,27)(H,23,28)/t18-/m1/s1. The largest absolute Gasteiger partial charge is 0.370 e. The second-order valence-electron chi connectivity index (χ2n) is 7.93. The average Bonchev–Trinajstić information content (AvgIpc) is 3.57. The van der Waals surface area contributed by atoms with Crippen LogP contribution in [0.25, 0.3) is 0 Å². The zero-order chi connectivity index (χ0) is 20.5. The maximum absolute atomic E-state index is 14.6. The van der Waals surface area contributed by atoms with E-state index >= 15 is 0 Å². The number of carbonyl (C=O) groups is 3. The monoisotopic (exact) mass is 404 g/mol. The van der Waals surface area contributed by atoms with Crippen LogP contribution in [0.4, 0.5) is 15.8 Å². The molecule has 1 aliphatic heterocycles. The normalized spacial score (nSPS) is 20.6. The molecule has 156 valence electrons. The lowest BCUT2D eigenvalue weighted by Gasteiger charge is -2.29. The molecule has 8 nitrogen and oxygen atoms in total. The number of nitrogens with two attached hydrogens (primary N) is 1. The van der Waals surface area contributed by atoms with Crippen molar-refractivity contribution in [3.63, 3.8) is 0 Å². The van der Waals surface area contributed by atoms with Gasteiger partial charge in [0.2, 0.25) is 5.91 Å². The molecule has 1 aromatic rings. The Morgan fingerprint density at radius 3 is 2.66 bits per heavy atom. The highest BCUT2D eigenvalue weighted by molar-refractivity contribution is 6.09. The van der Waals surface area contributed by atoms with E-state index in [0.29, 0.717) is 31.3 Å². The van der Waals surface area contributed by atoms with Crippen LogP contribution in [-0.4, -0.2) is 61.0 Å². The molecule has 0 radical (unpaired) electrons. The summed E-state index contributed by atoms with van der Waals surface area (Å²) in [5.41, 5.74) is 5.89. The van der Waals surface area contributed by atoms with Crippen molar-refractivity contribution in [3.8, 4) is 0 Å². The summed E-state index contributed by atoms with van der Waals surface area (Å²) < 4.78 is 19.7. The Hall–Kier alpha value is -2.52. The molecular formula is C20H25FN4O4. The van der Waals surface area contributed by atoms with Gasteiger partial charge in [-0.1, -0.05) is 0 Å². The fourth-order valence-electron chi connectivity index (χ4n) is 3.68. The molecule has 1 aromatic carbocycles. The van der Waals surface area contributed by atoms with Gasteiger partial charge in [-0.15, -0.1) is 0 Å². The fraction of sp³-hybridized carbons (Fsp3) is 0.550. The Morgan fingerprint density at radius 2 is 2.07 bits per heavy atom. The van der Waals surface area contributed by atoms with Gasteiger partial charge in [-0.05, 0) is 49.8 Å². The Kier molecular flexibility index (Phi) is 5.51. The number of amides is 3. The number of nitrogens with one attached hydrogen (secondary N) is 1. The molecule has 2 aliphatic carbocycles. The molecule has 3 fully saturated rings. The Bertz CT molecular complexity index is 825. The number of ether oxygens (including phenoxy) is 1. The third-order valence-electron chi connectivity index (χ3n) is 5.54. The minimum Gasteiger partial charge on any atom is -0.370 e. The van der Waals surface area contributed by atoms with Crippen molar-refractivity contribution in [2.45, 2.75) is 37.8 Å². The number of hydrogen-bond donors (Lipinski definition) is 2. The van der Waals surface area contributed by atoms with Crippen LogP contribution in [0.5, 0.6) is 0 Å². The predicted octanol–water partition coefficient (Wildman–Crippen LogP) is 0.856. The van der Waals surface area contributed by atoms with Gasteiger partial charge in [0.05, 0.1) is 12.3 Å². The molecule has 0 unspecified atom stereocenters. The summed E-state index contributed by atoms with van der Waals surface area (Å²) in [4.78, 5) is 40.1. The van der Waals surface area contributed by atoms with E-state index in [1.807, 2.05) is 4.90 Å². The van der Waals surface area contributed by atoms with Crippen LogP contribution in [0, 0.1) is 11.7 Å². The summed E-state index contributed by atoms with van der Waals surface area (Å²) >= 11 is 0. The van der Waals surface area contributed by atoms with Crippen LogP contribution in [0.3, 0.4) is 0 Å². The Balaban J connectivity index is 1.48. The average molecular weight is 404 g/mol. The van der Waals surface area contributed by atoms with E-state index in [4.69, 9.17) is 10.5 Å². The van der Waals surface area contributed by atoms with Gasteiger partial charge >= 0.3 is 0 Å². The van der Waals surface area contributed by atoms with E-state index in [-0.39, 0.29) is 24.2 Å². The van der Waals surface area contributed by atoms with Crippen molar-refractivity contribution in [2.75, 3.05) is 36.5 Å². The molecule has 9 heteroatoms. The van der Waals surface area contributed by atoms with Crippen LogP contribution in [0.1, 0.15) is 25.7 Å². The topological polar surface area (TPSA) is 105 Å². The summed E-state index contributed by atoms with van der Waals surface area (Å²) in [6.07, 6.45) is 4.04. The van der Waals surface area contributed by atoms with Gasteiger partial charge in [0.1, 0.15) is 12.4 Å². The highest BCUT2D eigenvalue weighted by Gasteiger charge is 2.42. The number of rotatable bonds is 8. The van der Waals surface area contributed by atoms with Gasteiger partial charge in [-0.3, -0.25) is 19.3 Å². The van der Waals surface area contributed by atoms with E-state index in [9.17, 15) is 18.8 Å². The summed E-state index contributed by atoms with van der Waals surface area (Å²) in [6.45, 7) is 1.33. The van der Waals surface area contributed by atoms with Gasteiger partial charge in [0.15, 0.2) is 6.04 Å². The second-order valence-corrected chi connectivity index (χ2v) is 7.93. The maximum Gasteiger partial charge on any atom is 0.253 e. The Morgan fingerprint density at radius 1 is 1.31 bits per heavy atom. The zero-order valence-electron chi connectivity index (χ0n) is 16.1. The number of benzene rings is 1. The molecule has 4 rings (SSSR count). The van der Waals surface area contributed by atoms with Crippen molar-refractivity contribution < 1.29 is 23.5 Å². The van der Waals surface area contributed by atoms with E-state index in [1.165, 1.54) is 17.0 Å². The molecule has 29 heavy (non-hydrogen) atoms. The van der Waals surface area contributed by atoms with Crippen LogP contribution in [-0.2, 0) is 19.1 Å². The lowest BCUT2D eigenvalue weighted by atomic mass is 10.1. The van der Waals surface area contributed by atoms with Crippen LogP contribution in [0.15, 0.2) is 18.2 Å². The smallest absolute Gasteiger partial charge is 0.253 e. The predicted molar refractivity (Wildman–Crippen MR) is 104 cm³/mol. The van der Waals surface area contributed by atoms with Crippen LogP contribution < -0.4 is 16.0 Å². The van der Waals surface area contributed by atoms with Crippen LogP contribution in [0.2, 0.25) is 0 Å². The SMILES string of the molecule is NC(=O)[C@H](C(=O)Nc1ccc(N2CCOCC2=O)cc1F)N(CC1CC1)C1CC1. The quantitative estimate of drug-likeness (QED) is 0.625. The first-order chi connectivity index (χ1) is 13.9. The minimum atomic E-state index is -1.12. The number of anilines is 2. The highest BCUT2D eigenvalue weighted by Crippen LogP contribution is 2.36. The lowest BCUT2D eigenvalue weighted by Crippen LogP contribution is -2.53. The van der Waals surface area contributed by atoms with E-state index in [2.05, 4.69) is 5.32 Å². The molecule has 1 heterocycles. The third kappa shape index (κ3) is 4.56. The summed E-state index contributed by atoms with van der Waals surface area (Å²) in [5.74, 6) is -1.79. The van der Waals surface area contributed by atoms with Gasteiger partial charge in [0, 0.05) is 24.8 Å². The van der Waals surface area contributed by atoms with Crippen molar-refractivity contribution >= 4 is 29.1 Å². The lowest BCUT2D eigenvalue weighted by molar-refractivity contribution is -0.133. The molecule has 1 saturated heterocycles. The molecule has 2 saturated carbocycles. The third-order valence-corrected chi connectivity index (χ3v) is 5.54. The fourth-order valence-corrected chi connectivity index (χ4v) is 3.68. The first-order valence-electron chi connectivity index (χ1n) is 9.97. The van der Waals surface area contributed by atoms with Gasteiger partial charge in [-0.2, -0.15) is 0 Å². The first-order valence-corrected chi connectivity index (χ1v) is 9.97. The van der Waals surface area contributed by atoms with Gasteiger partial charge in [0.25, 0.3) is 11.8 Å². The summed E-state index contributed by atoms with van der Waals surface area (Å²) in [5, 5.41) is 2.51. The molecule has 3 N–H and O–H groups in total. The number of halogens is 1. The molecule has 0 bridgehead atoms. The van der Waals surface area contributed by atoms with Crippen molar-refractivity contribution in [3.05, 3.63) is 24.0 Å². The summed E-state index contributed by atoms with van der Waals surface area (Å²) in [7, 11) is 0. The number of hydrogen-bond acceptors (Lipinski definition) is 5. The summed E-state index contributed by atoms with van der Waals surface area (Å²) in [6, 6.07) is 3.21. The Labute approximate surface area is 168 Å². The number of carbonyl (C=O) groups excluding carboxylic acids is 3. The van der Waals surface area contributed by atoms with E-state index in [1.54, 1.807) is 6.07 Å². The first kappa shape index (κ1) is 19.8. The van der Waals surface area contributed by atoms with Crippen LogP contribution >= 0.6 is 0 Å². The molecule has 1 atom stereocenters.